The van der Waals surface area contributed by atoms with Gasteiger partial charge >= 0.3 is 7.60 Å². The second-order valence-corrected chi connectivity index (χ2v) is 4.80. The van der Waals surface area contributed by atoms with Gasteiger partial charge in [-0.25, -0.2) is 5.06 Å². The van der Waals surface area contributed by atoms with Crippen LogP contribution in [-0.2, 0) is 13.9 Å². The van der Waals surface area contributed by atoms with E-state index in [2.05, 4.69) is 0 Å². The lowest BCUT2D eigenvalue weighted by molar-refractivity contribution is -0.150. The molecular formula is C7H16NO5P. The maximum Gasteiger partial charge on any atom is 0.328 e. The van der Waals surface area contributed by atoms with Crippen LogP contribution in [0.25, 0.3) is 0 Å². The van der Waals surface area contributed by atoms with E-state index < -0.39 is 7.60 Å². The van der Waals surface area contributed by atoms with Gasteiger partial charge in [-0.05, 0) is 12.8 Å². The summed E-state index contributed by atoms with van der Waals surface area (Å²) in [5.74, 6) is 0. The summed E-state index contributed by atoms with van der Waals surface area (Å²) in [5, 5.41) is 9.13. The van der Waals surface area contributed by atoms with E-state index >= 15 is 0 Å². The van der Waals surface area contributed by atoms with E-state index in [0.29, 0.717) is 17.9 Å². The summed E-state index contributed by atoms with van der Waals surface area (Å²) in [6.45, 7) is 1.93. The standard InChI is InChI=1S/C7H16NO5P/c1-2-6-14(11,12)13-5-3-4-8(10)7-9/h7,10H,2-6H2,1H3,(H,11,12). The minimum absolute atomic E-state index is 0.0542. The monoisotopic (exact) mass is 225 g/mol. The summed E-state index contributed by atoms with van der Waals surface area (Å²) in [7, 11) is -3.45. The normalized spacial score (nSPS) is 14.8. The molecule has 0 rings (SSSR count). The van der Waals surface area contributed by atoms with Crippen molar-refractivity contribution in [2.75, 3.05) is 19.3 Å². The van der Waals surface area contributed by atoms with Crippen LogP contribution in [0.4, 0.5) is 0 Å². The molecule has 0 aliphatic carbocycles. The first kappa shape index (κ1) is 13.6. The van der Waals surface area contributed by atoms with Crippen LogP contribution >= 0.6 is 7.60 Å². The van der Waals surface area contributed by atoms with E-state index in [9.17, 15) is 9.36 Å². The van der Waals surface area contributed by atoms with E-state index in [-0.39, 0.29) is 25.7 Å². The molecule has 0 saturated heterocycles. The molecule has 1 atom stereocenters. The predicted molar refractivity (Wildman–Crippen MR) is 50.1 cm³/mol. The topological polar surface area (TPSA) is 87.1 Å². The molecule has 1 unspecified atom stereocenters. The van der Waals surface area contributed by atoms with Gasteiger partial charge in [0.2, 0.25) is 6.41 Å². The highest BCUT2D eigenvalue weighted by Crippen LogP contribution is 2.42. The SMILES string of the molecule is CCCP(=O)(O)OCCCN(O)C=O. The van der Waals surface area contributed by atoms with Crippen molar-refractivity contribution in [3.8, 4) is 0 Å². The molecular weight excluding hydrogens is 209 g/mol. The molecule has 0 bridgehead atoms. The van der Waals surface area contributed by atoms with Gasteiger partial charge in [0.25, 0.3) is 0 Å². The van der Waals surface area contributed by atoms with Crippen molar-refractivity contribution in [1.82, 2.24) is 5.06 Å². The predicted octanol–water partition coefficient (Wildman–Crippen LogP) is 0.836. The smallest absolute Gasteiger partial charge is 0.324 e. The Kier molecular flexibility index (Phi) is 6.74. The zero-order chi connectivity index (χ0) is 11.0. The minimum Gasteiger partial charge on any atom is -0.324 e. The fraction of sp³-hybridized carbons (Fsp3) is 0.857. The van der Waals surface area contributed by atoms with Gasteiger partial charge in [0, 0.05) is 6.16 Å². The summed E-state index contributed by atoms with van der Waals surface area (Å²) in [4.78, 5) is 19.1. The quantitative estimate of drug-likeness (QED) is 0.210. The van der Waals surface area contributed by atoms with Crippen molar-refractivity contribution in [3.63, 3.8) is 0 Å². The first-order valence-corrected chi connectivity index (χ1v) is 6.15. The lowest BCUT2D eigenvalue weighted by Crippen LogP contribution is -2.19. The lowest BCUT2D eigenvalue weighted by Gasteiger charge is -2.12. The Hall–Kier alpha value is -0.420. The third-order valence-electron chi connectivity index (χ3n) is 1.45. The molecule has 0 saturated carbocycles. The highest BCUT2D eigenvalue weighted by Gasteiger charge is 2.16. The van der Waals surface area contributed by atoms with Crippen molar-refractivity contribution >= 4 is 14.0 Å². The Labute approximate surface area is 83.0 Å². The van der Waals surface area contributed by atoms with Crippen molar-refractivity contribution in [3.05, 3.63) is 0 Å². The van der Waals surface area contributed by atoms with Gasteiger partial charge in [-0.1, -0.05) is 6.92 Å². The molecule has 0 aromatic rings. The van der Waals surface area contributed by atoms with E-state index in [0.717, 1.165) is 0 Å². The van der Waals surface area contributed by atoms with Crippen LogP contribution < -0.4 is 0 Å². The lowest BCUT2D eigenvalue weighted by atomic mass is 10.4. The largest absolute Gasteiger partial charge is 0.328 e. The van der Waals surface area contributed by atoms with Crippen LogP contribution in [0.5, 0.6) is 0 Å². The van der Waals surface area contributed by atoms with E-state index in [1.165, 1.54) is 0 Å². The Balaban J connectivity index is 3.53. The number of hydroxylamine groups is 2. The first-order valence-electron chi connectivity index (χ1n) is 4.39. The van der Waals surface area contributed by atoms with Crippen LogP contribution in [0, 0.1) is 0 Å². The Bertz CT molecular complexity index is 210. The van der Waals surface area contributed by atoms with Crippen LogP contribution in [0.15, 0.2) is 0 Å². The highest BCUT2D eigenvalue weighted by molar-refractivity contribution is 7.52. The van der Waals surface area contributed by atoms with Gasteiger partial charge in [-0.15, -0.1) is 0 Å². The van der Waals surface area contributed by atoms with E-state index in [1.54, 1.807) is 6.92 Å². The second-order valence-electron chi connectivity index (χ2n) is 2.82. The summed E-state index contributed by atoms with van der Waals surface area (Å²) < 4.78 is 15.8. The average molecular weight is 225 g/mol. The van der Waals surface area contributed by atoms with E-state index in [4.69, 9.17) is 14.6 Å². The second kappa shape index (κ2) is 6.95. The van der Waals surface area contributed by atoms with E-state index in [1.807, 2.05) is 0 Å². The zero-order valence-electron chi connectivity index (χ0n) is 8.13. The number of carbonyl (C=O) groups excluding carboxylic acids is 1. The van der Waals surface area contributed by atoms with Gasteiger partial charge < -0.3 is 9.42 Å². The van der Waals surface area contributed by atoms with Crippen LogP contribution in [0.3, 0.4) is 0 Å². The molecule has 0 aromatic heterocycles. The van der Waals surface area contributed by atoms with Gasteiger partial charge in [-0.2, -0.15) is 0 Å². The maximum atomic E-state index is 11.1. The number of hydrogen-bond donors (Lipinski definition) is 2. The minimum atomic E-state index is -3.45. The van der Waals surface area contributed by atoms with Gasteiger partial charge in [0.15, 0.2) is 0 Å². The van der Waals surface area contributed by atoms with Crippen molar-refractivity contribution < 1.29 is 24.0 Å². The van der Waals surface area contributed by atoms with Gasteiger partial charge in [0.1, 0.15) is 0 Å². The Morgan fingerprint density at radius 2 is 2.21 bits per heavy atom. The molecule has 6 nitrogen and oxygen atoms in total. The first-order chi connectivity index (χ1) is 6.52. The Morgan fingerprint density at radius 3 is 2.71 bits per heavy atom. The van der Waals surface area contributed by atoms with Crippen molar-refractivity contribution in [2.24, 2.45) is 0 Å². The fourth-order valence-electron chi connectivity index (χ4n) is 0.834. The van der Waals surface area contributed by atoms with Crippen molar-refractivity contribution in [1.29, 1.82) is 0 Å². The van der Waals surface area contributed by atoms with Crippen molar-refractivity contribution in [2.45, 2.75) is 19.8 Å². The number of nitrogens with zero attached hydrogens (tertiary/aromatic N) is 1. The molecule has 0 radical (unpaired) electrons. The molecule has 0 aromatic carbocycles. The molecule has 0 aliphatic heterocycles. The number of amides is 1. The summed E-state index contributed by atoms with van der Waals surface area (Å²) in [6, 6.07) is 0. The molecule has 7 heteroatoms. The number of carbonyl (C=O) groups is 1. The third-order valence-corrected chi connectivity index (χ3v) is 3.05. The highest BCUT2D eigenvalue weighted by atomic mass is 31.2. The number of rotatable bonds is 8. The molecule has 0 spiro atoms. The molecule has 84 valence electrons. The molecule has 0 heterocycles. The zero-order valence-corrected chi connectivity index (χ0v) is 9.02. The fourth-order valence-corrected chi connectivity index (χ4v) is 1.94. The third kappa shape index (κ3) is 7.03. The summed E-state index contributed by atoms with van der Waals surface area (Å²) >= 11 is 0. The van der Waals surface area contributed by atoms with Gasteiger partial charge in [-0.3, -0.25) is 14.6 Å². The molecule has 2 N–H and O–H groups in total. The van der Waals surface area contributed by atoms with Crippen LogP contribution in [0.1, 0.15) is 19.8 Å². The summed E-state index contributed by atoms with van der Waals surface area (Å²) in [6.07, 6.45) is 1.30. The maximum absolute atomic E-state index is 11.1. The van der Waals surface area contributed by atoms with Crippen LogP contribution in [-0.4, -0.2) is 40.9 Å². The summed E-state index contributed by atoms with van der Waals surface area (Å²) in [5.41, 5.74) is 0. The molecule has 0 aliphatic rings. The average Bonchev–Trinajstić information content (AvgIpc) is 2.12. The Morgan fingerprint density at radius 1 is 1.57 bits per heavy atom. The molecule has 0 fully saturated rings. The van der Waals surface area contributed by atoms with Gasteiger partial charge in [0.05, 0.1) is 13.2 Å². The number of hydrogen-bond acceptors (Lipinski definition) is 4. The molecule has 14 heavy (non-hydrogen) atoms. The van der Waals surface area contributed by atoms with Crippen LogP contribution in [0.2, 0.25) is 0 Å². The molecule has 1 amide bonds.